The monoisotopic (exact) mass is 280 g/mol. The fourth-order valence-corrected chi connectivity index (χ4v) is 2.62. The number of piperidine rings is 1. The number of nitrogens with zero attached hydrogens (tertiary/aromatic N) is 2. The Morgan fingerprint density at radius 2 is 2.26 bits per heavy atom. The van der Waals surface area contributed by atoms with Crippen molar-refractivity contribution in [3.63, 3.8) is 0 Å². The molecule has 1 atom stereocenters. The zero-order valence-electron chi connectivity index (χ0n) is 10.7. The van der Waals surface area contributed by atoms with E-state index in [0.29, 0.717) is 23.2 Å². The summed E-state index contributed by atoms with van der Waals surface area (Å²) in [6, 6.07) is 1.77. The van der Waals surface area contributed by atoms with E-state index in [2.05, 4.69) is 4.98 Å². The second-order valence-corrected chi connectivity index (χ2v) is 5.65. The molecule has 1 aromatic heterocycles. The van der Waals surface area contributed by atoms with E-state index in [-0.39, 0.29) is 12.0 Å². The molecule has 0 radical (unpaired) electrons. The van der Waals surface area contributed by atoms with Crippen molar-refractivity contribution in [2.24, 2.45) is 5.92 Å². The van der Waals surface area contributed by atoms with E-state index in [1.54, 1.807) is 18.5 Å². The van der Waals surface area contributed by atoms with Crippen LogP contribution in [-0.4, -0.2) is 35.0 Å². The van der Waals surface area contributed by atoms with Gasteiger partial charge in [0, 0.05) is 30.9 Å². The number of likely N-dealkylation sites (tertiary alicyclic amines) is 1. The second kappa shape index (κ2) is 5.37. The number of ether oxygens (including phenoxy) is 1. The molecule has 0 spiro atoms. The summed E-state index contributed by atoms with van der Waals surface area (Å²) in [5.41, 5.74) is 0. The highest BCUT2D eigenvalue weighted by Crippen LogP contribution is 2.32. The van der Waals surface area contributed by atoms with Crippen LogP contribution in [-0.2, 0) is 4.79 Å². The van der Waals surface area contributed by atoms with Crippen molar-refractivity contribution in [1.82, 2.24) is 9.88 Å². The van der Waals surface area contributed by atoms with Gasteiger partial charge in [-0.1, -0.05) is 11.6 Å². The predicted octanol–water partition coefficient (Wildman–Crippen LogP) is 2.51. The number of pyridine rings is 1. The lowest BCUT2D eigenvalue weighted by Gasteiger charge is -2.33. The summed E-state index contributed by atoms with van der Waals surface area (Å²) in [5, 5.41) is 0.521. The van der Waals surface area contributed by atoms with Gasteiger partial charge < -0.3 is 9.64 Å². The van der Waals surface area contributed by atoms with Crippen LogP contribution in [0.2, 0.25) is 5.02 Å². The average Bonchev–Trinajstić information content (AvgIpc) is 3.25. The van der Waals surface area contributed by atoms with E-state index in [1.807, 2.05) is 4.90 Å². The third-order valence-corrected chi connectivity index (χ3v) is 3.93. The largest absolute Gasteiger partial charge is 0.487 e. The zero-order valence-corrected chi connectivity index (χ0v) is 11.5. The third-order valence-electron chi connectivity index (χ3n) is 3.65. The molecule has 1 amide bonds. The summed E-state index contributed by atoms with van der Waals surface area (Å²) in [6.45, 7) is 1.53. The number of aromatic nitrogens is 1. The lowest BCUT2D eigenvalue weighted by atomic mass is 10.1. The molecule has 1 aromatic rings. The van der Waals surface area contributed by atoms with Gasteiger partial charge in [0.15, 0.2) is 0 Å². The maximum absolute atomic E-state index is 12.1. The average molecular weight is 281 g/mol. The highest BCUT2D eigenvalue weighted by Gasteiger charge is 2.35. The molecule has 0 bridgehead atoms. The molecule has 2 aliphatic rings. The molecule has 4 nitrogen and oxygen atoms in total. The first-order chi connectivity index (χ1) is 9.24. The number of rotatable bonds is 3. The maximum Gasteiger partial charge on any atom is 0.225 e. The molecule has 0 N–H and O–H groups in total. The molecule has 3 rings (SSSR count). The molecule has 102 valence electrons. The molecule has 19 heavy (non-hydrogen) atoms. The Morgan fingerprint density at radius 3 is 3.00 bits per heavy atom. The Hall–Kier alpha value is -1.29. The van der Waals surface area contributed by atoms with E-state index in [0.717, 1.165) is 32.2 Å². The van der Waals surface area contributed by atoms with Gasteiger partial charge in [0.1, 0.15) is 16.9 Å². The SMILES string of the molecule is O=C(C1CC1)N1CCCC(Oc2ccncc2Cl)C1. The highest BCUT2D eigenvalue weighted by atomic mass is 35.5. The van der Waals surface area contributed by atoms with Gasteiger partial charge in [-0.15, -0.1) is 0 Å². The minimum Gasteiger partial charge on any atom is -0.487 e. The van der Waals surface area contributed by atoms with Gasteiger partial charge in [0.2, 0.25) is 5.91 Å². The number of hydrogen-bond donors (Lipinski definition) is 0. The molecule has 1 aliphatic carbocycles. The maximum atomic E-state index is 12.1. The summed E-state index contributed by atoms with van der Waals surface area (Å²) in [5.74, 6) is 1.24. The van der Waals surface area contributed by atoms with Crippen LogP contribution in [0.3, 0.4) is 0 Å². The molecule has 2 heterocycles. The van der Waals surface area contributed by atoms with Crippen molar-refractivity contribution in [1.29, 1.82) is 0 Å². The molecule has 1 saturated carbocycles. The van der Waals surface area contributed by atoms with Crippen LogP contribution in [0.5, 0.6) is 5.75 Å². The summed E-state index contributed by atoms with van der Waals surface area (Å²) < 4.78 is 5.90. The lowest BCUT2D eigenvalue weighted by molar-refractivity contribution is -0.135. The Balaban J connectivity index is 1.62. The lowest BCUT2D eigenvalue weighted by Crippen LogP contribution is -2.45. The quantitative estimate of drug-likeness (QED) is 0.854. The van der Waals surface area contributed by atoms with Crippen molar-refractivity contribution in [2.75, 3.05) is 13.1 Å². The van der Waals surface area contributed by atoms with Gasteiger partial charge in [-0.3, -0.25) is 9.78 Å². The Labute approximate surface area is 117 Å². The topological polar surface area (TPSA) is 42.4 Å². The minimum atomic E-state index is 0.0383. The van der Waals surface area contributed by atoms with Gasteiger partial charge in [-0.05, 0) is 25.7 Å². The van der Waals surface area contributed by atoms with Crippen molar-refractivity contribution in [2.45, 2.75) is 31.8 Å². The van der Waals surface area contributed by atoms with Crippen LogP contribution in [0, 0.1) is 5.92 Å². The van der Waals surface area contributed by atoms with Crippen molar-refractivity contribution in [3.05, 3.63) is 23.5 Å². The van der Waals surface area contributed by atoms with Gasteiger partial charge in [0.05, 0.1) is 6.54 Å². The molecule has 1 saturated heterocycles. The summed E-state index contributed by atoms with van der Waals surface area (Å²) in [4.78, 5) is 17.9. The van der Waals surface area contributed by atoms with E-state index in [9.17, 15) is 4.79 Å². The fraction of sp³-hybridized carbons (Fsp3) is 0.571. The van der Waals surface area contributed by atoms with Crippen molar-refractivity contribution < 1.29 is 9.53 Å². The molecule has 2 fully saturated rings. The highest BCUT2D eigenvalue weighted by molar-refractivity contribution is 6.31. The number of carbonyl (C=O) groups is 1. The van der Waals surface area contributed by atoms with E-state index in [1.165, 1.54) is 0 Å². The van der Waals surface area contributed by atoms with Crippen LogP contribution < -0.4 is 4.74 Å². The number of carbonyl (C=O) groups excluding carboxylic acids is 1. The number of amides is 1. The molecular formula is C14H17ClN2O2. The third kappa shape index (κ3) is 3.00. The Kier molecular flexibility index (Phi) is 3.60. The first-order valence-electron chi connectivity index (χ1n) is 6.79. The number of hydrogen-bond acceptors (Lipinski definition) is 3. The van der Waals surface area contributed by atoms with Gasteiger partial charge in [-0.25, -0.2) is 0 Å². The van der Waals surface area contributed by atoms with Crippen LogP contribution in [0.1, 0.15) is 25.7 Å². The van der Waals surface area contributed by atoms with Gasteiger partial charge in [-0.2, -0.15) is 0 Å². The van der Waals surface area contributed by atoms with Crippen LogP contribution >= 0.6 is 11.6 Å². The van der Waals surface area contributed by atoms with E-state index >= 15 is 0 Å². The normalized spacial score (nSPS) is 23.2. The van der Waals surface area contributed by atoms with E-state index < -0.39 is 0 Å². The number of halogens is 1. The molecular weight excluding hydrogens is 264 g/mol. The first-order valence-corrected chi connectivity index (χ1v) is 7.17. The molecule has 1 unspecified atom stereocenters. The summed E-state index contributed by atoms with van der Waals surface area (Å²) in [6.07, 6.45) is 7.34. The van der Waals surface area contributed by atoms with E-state index in [4.69, 9.17) is 16.3 Å². The molecule has 1 aliphatic heterocycles. The van der Waals surface area contributed by atoms with Crippen molar-refractivity contribution >= 4 is 17.5 Å². The minimum absolute atomic E-state index is 0.0383. The van der Waals surface area contributed by atoms with Crippen molar-refractivity contribution in [3.8, 4) is 5.75 Å². The first kappa shape index (κ1) is 12.7. The molecule has 5 heteroatoms. The smallest absolute Gasteiger partial charge is 0.225 e. The predicted molar refractivity (Wildman–Crippen MR) is 72.2 cm³/mol. The standard InChI is InChI=1S/C14H17ClN2O2/c15-12-8-16-6-5-13(12)19-11-2-1-7-17(9-11)14(18)10-3-4-10/h5-6,8,10-11H,1-4,7,9H2. The van der Waals surface area contributed by atoms with Gasteiger partial charge in [0.25, 0.3) is 0 Å². The molecule has 0 aromatic carbocycles. The second-order valence-electron chi connectivity index (χ2n) is 5.25. The van der Waals surface area contributed by atoms with Crippen LogP contribution in [0.15, 0.2) is 18.5 Å². The van der Waals surface area contributed by atoms with Crippen LogP contribution in [0.25, 0.3) is 0 Å². The summed E-state index contributed by atoms with van der Waals surface area (Å²) >= 11 is 6.03. The zero-order chi connectivity index (χ0) is 13.2. The summed E-state index contributed by atoms with van der Waals surface area (Å²) in [7, 11) is 0. The van der Waals surface area contributed by atoms with Gasteiger partial charge >= 0.3 is 0 Å². The Morgan fingerprint density at radius 1 is 1.42 bits per heavy atom. The van der Waals surface area contributed by atoms with Crippen LogP contribution in [0.4, 0.5) is 0 Å². The Bertz CT molecular complexity index is 476. The fourth-order valence-electron chi connectivity index (χ4n) is 2.46.